The summed E-state index contributed by atoms with van der Waals surface area (Å²) < 4.78 is 5.71. The largest absolute Gasteiger partial charge is 0.372 e. The molecule has 0 spiro atoms. The van der Waals surface area contributed by atoms with Gasteiger partial charge in [0.25, 0.3) is 0 Å². The first-order chi connectivity index (χ1) is 6.74. The van der Waals surface area contributed by atoms with Gasteiger partial charge in [0.1, 0.15) is 0 Å². The molecule has 0 fully saturated rings. The lowest BCUT2D eigenvalue weighted by Gasteiger charge is -2.19. The number of nitrogens with two attached hydrogens (primary N) is 1. The van der Waals surface area contributed by atoms with Gasteiger partial charge < -0.3 is 10.5 Å². The SMILES string of the molecule is CCC(OCc1ccccc1)C(C)N. The molecule has 0 aliphatic carbocycles. The van der Waals surface area contributed by atoms with Crippen molar-refractivity contribution in [3.8, 4) is 0 Å². The van der Waals surface area contributed by atoms with Crippen LogP contribution in [-0.2, 0) is 11.3 Å². The molecule has 2 N–H and O–H groups in total. The van der Waals surface area contributed by atoms with E-state index in [1.165, 1.54) is 5.56 Å². The van der Waals surface area contributed by atoms with Crippen molar-refractivity contribution in [3.63, 3.8) is 0 Å². The molecule has 1 rings (SSSR count). The first kappa shape index (κ1) is 11.2. The normalized spacial score (nSPS) is 15.1. The van der Waals surface area contributed by atoms with Gasteiger partial charge in [-0.15, -0.1) is 0 Å². The highest BCUT2D eigenvalue weighted by atomic mass is 16.5. The summed E-state index contributed by atoms with van der Waals surface area (Å²) in [4.78, 5) is 0. The zero-order valence-electron chi connectivity index (χ0n) is 8.94. The van der Waals surface area contributed by atoms with Gasteiger partial charge in [0.15, 0.2) is 0 Å². The molecule has 78 valence electrons. The average molecular weight is 193 g/mol. The lowest BCUT2D eigenvalue weighted by Crippen LogP contribution is -2.33. The monoisotopic (exact) mass is 193 g/mol. The quantitative estimate of drug-likeness (QED) is 0.779. The number of rotatable bonds is 5. The summed E-state index contributed by atoms with van der Waals surface area (Å²) in [6, 6.07) is 10.3. The van der Waals surface area contributed by atoms with Crippen LogP contribution < -0.4 is 5.73 Å². The lowest BCUT2D eigenvalue weighted by atomic mass is 10.1. The Balaban J connectivity index is 2.40. The smallest absolute Gasteiger partial charge is 0.0725 e. The predicted molar refractivity (Wildman–Crippen MR) is 59.0 cm³/mol. The molecule has 0 radical (unpaired) electrons. The van der Waals surface area contributed by atoms with Crippen LogP contribution in [0.4, 0.5) is 0 Å². The lowest BCUT2D eigenvalue weighted by molar-refractivity contribution is 0.0249. The van der Waals surface area contributed by atoms with Crippen LogP contribution in [0.1, 0.15) is 25.8 Å². The highest BCUT2D eigenvalue weighted by Gasteiger charge is 2.11. The van der Waals surface area contributed by atoms with E-state index in [0.29, 0.717) is 6.61 Å². The molecule has 1 aromatic carbocycles. The Morgan fingerprint density at radius 3 is 2.43 bits per heavy atom. The minimum absolute atomic E-state index is 0.101. The third-order valence-corrected chi connectivity index (χ3v) is 2.30. The molecule has 2 nitrogen and oxygen atoms in total. The summed E-state index contributed by atoms with van der Waals surface area (Å²) in [7, 11) is 0. The highest BCUT2D eigenvalue weighted by molar-refractivity contribution is 5.13. The van der Waals surface area contributed by atoms with E-state index in [4.69, 9.17) is 10.5 Å². The summed E-state index contributed by atoms with van der Waals surface area (Å²) in [5.74, 6) is 0. The molecular weight excluding hydrogens is 174 g/mol. The van der Waals surface area contributed by atoms with Gasteiger partial charge >= 0.3 is 0 Å². The van der Waals surface area contributed by atoms with Gasteiger partial charge in [-0.25, -0.2) is 0 Å². The minimum Gasteiger partial charge on any atom is -0.372 e. The Bertz CT molecular complexity index is 246. The third-order valence-electron chi connectivity index (χ3n) is 2.30. The Hall–Kier alpha value is -0.860. The van der Waals surface area contributed by atoms with Crippen molar-refractivity contribution < 1.29 is 4.74 Å². The van der Waals surface area contributed by atoms with Crippen molar-refractivity contribution in [1.82, 2.24) is 0 Å². The molecule has 0 bridgehead atoms. The Morgan fingerprint density at radius 1 is 1.29 bits per heavy atom. The van der Waals surface area contributed by atoms with Crippen molar-refractivity contribution >= 4 is 0 Å². The number of hydrogen-bond donors (Lipinski definition) is 1. The van der Waals surface area contributed by atoms with E-state index in [0.717, 1.165) is 6.42 Å². The molecule has 0 heterocycles. The molecule has 0 aliphatic heterocycles. The topological polar surface area (TPSA) is 35.2 Å². The van der Waals surface area contributed by atoms with Gasteiger partial charge in [0, 0.05) is 6.04 Å². The van der Waals surface area contributed by atoms with Crippen LogP contribution in [0.5, 0.6) is 0 Å². The second kappa shape index (κ2) is 5.78. The Labute approximate surface area is 86.1 Å². The van der Waals surface area contributed by atoms with Crippen LogP contribution >= 0.6 is 0 Å². The van der Waals surface area contributed by atoms with E-state index in [1.807, 2.05) is 25.1 Å². The molecule has 2 unspecified atom stereocenters. The van der Waals surface area contributed by atoms with Gasteiger partial charge in [-0.05, 0) is 18.9 Å². The van der Waals surface area contributed by atoms with Gasteiger partial charge in [0.05, 0.1) is 12.7 Å². The van der Waals surface area contributed by atoms with E-state index in [9.17, 15) is 0 Å². The van der Waals surface area contributed by atoms with Crippen molar-refractivity contribution in [2.75, 3.05) is 0 Å². The summed E-state index contributed by atoms with van der Waals surface area (Å²) in [6.45, 7) is 4.74. The number of benzene rings is 1. The molecule has 0 amide bonds. The average Bonchev–Trinajstić information content (AvgIpc) is 2.20. The van der Waals surface area contributed by atoms with Crippen molar-refractivity contribution in [2.24, 2.45) is 5.73 Å². The fraction of sp³-hybridized carbons (Fsp3) is 0.500. The van der Waals surface area contributed by atoms with E-state index in [2.05, 4.69) is 19.1 Å². The van der Waals surface area contributed by atoms with E-state index in [1.54, 1.807) is 0 Å². The van der Waals surface area contributed by atoms with Crippen LogP contribution in [0, 0.1) is 0 Å². The van der Waals surface area contributed by atoms with E-state index in [-0.39, 0.29) is 12.1 Å². The second-order valence-corrected chi connectivity index (χ2v) is 3.60. The third kappa shape index (κ3) is 3.48. The summed E-state index contributed by atoms with van der Waals surface area (Å²) in [5.41, 5.74) is 6.99. The summed E-state index contributed by atoms with van der Waals surface area (Å²) in [6.07, 6.45) is 1.13. The summed E-state index contributed by atoms with van der Waals surface area (Å²) >= 11 is 0. The first-order valence-corrected chi connectivity index (χ1v) is 5.15. The van der Waals surface area contributed by atoms with Crippen LogP contribution in [0.2, 0.25) is 0 Å². The molecule has 2 atom stereocenters. The van der Waals surface area contributed by atoms with Crippen molar-refractivity contribution in [1.29, 1.82) is 0 Å². The zero-order chi connectivity index (χ0) is 10.4. The Morgan fingerprint density at radius 2 is 1.93 bits per heavy atom. The van der Waals surface area contributed by atoms with Crippen molar-refractivity contribution in [3.05, 3.63) is 35.9 Å². The van der Waals surface area contributed by atoms with Crippen LogP contribution in [0.15, 0.2) is 30.3 Å². The molecule has 2 heteroatoms. The molecule has 14 heavy (non-hydrogen) atoms. The van der Waals surface area contributed by atoms with Gasteiger partial charge in [-0.3, -0.25) is 0 Å². The predicted octanol–water partition coefficient (Wildman–Crippen LogP) is 2.33. The number of ether oxygens (including phenoxy) is 1. The molecule has 1 aromatic rings. The minimum atomic E-state index is 0.101. The standard InChI is InChI=1S/C12H19NO/c1-3-12(10(2)13)14-9-11-7-5-4-6-8-11/h4-8,10,12H,3,9,13H2,1-2H3. The van der Waals surface area contributed by atoms with Gasteiger partial charge in [-0.1, -0.05) is 37.3 Å². The maximum Gasteiger partial charge on any atom is 0.0725 e. The van der Waals surface area contributed by atoms with Crippen LogP contribution in [0.3, 0.4) is 0 Å². The van der Waals surface area contributed by atoms with Gasteiger partial charge in [0.2, 0.25) is 0 Å². The van der Waals surface area contributed by atoms with E-state index < -0.39 is 0 Å². The maximum absolute atomic E-state index is 5.79. The van der Waals surface area contributed by atoms with Gasteiger partial charge in [-0.2, -0.15) is 0 Å². The molecular formula is C12H19NO. The maximum atomic E-state index is 5.79. The van der Waals surface area contributed by atoms with Crippen LogP contribution in [-0.4, -0.2) is 12.1 Å². The van der Waals surface area contributed by atoms with Crippen LogP contribution in [0.25, 0.3) is 0 Å². The van der Waals surface area contributed by atoms with Crippen molar-refractivity contribution in [2.45, 2.75) is 39.0 Å². The molecule has 0 aliphatic rings. The Kier molecular flexibility index (Phi) is 4.63. The number of hydrogen-bond acceptors (Lipinski definition) is 2. The first-order valence-electron chi connectivity index (χ1n) is 5.15. The highest BCUT2D eigenvalue weighted by Crippen LogP contribution is 2.07. The molecule has 0 saturated carbocycles. The molecule has 0 saturated heterocycles. The zero-order valence-corrected chi connectivity index (χ0v) is 8.94. The molecule has 0 aromatic heterocycles. The fourth-order valence-corrected chi connectivity index (χ4v) is 1.42. The van der Waals surface area contributed by atoms with E-state index >= 15 is 0 Å². The summed E-state index contributed by atoms with van der Waals surface area (Å²) in [5, 5.41) is 0. The fourth-order valence-electron chi connectivity index (χ4n) is 1.42. The second-order valence-electron chi connectivity index (χ2n) is 3.60.